The summed E-state index contributed by atoms with van der Waals surface area (Å²) in [7, 11) is 0. The van der Waals surface area contributed by atoms with Gasteiger partial charge in [-0.25, -0.2) is 9.59 Å². The normalized spacial score (nSPS) is 16.2. The monoisotopic (exact) mass is 420 g/mol. The van der Waals surface area contributed by atoms with E-state index in [1.807, 2.05) is 12.1 Å². The van der Waals surface area contributed by atoms with Crippen LogP contribution in [0.4, 0.5) is 10.5 Å². The minimum absolute atomic E-state index is 0.241. The van der Waals surface area contributed by atoms with Crippen LogP contribution in [-0.4, -0.2) is 47.3 Å². The van der Waals surface area contributed by atoms with Crippen LogP contribution in [0, 0.1) is 0 Å². The molecule has 8 heteroatoms. The van der Waals surface area contributed by atoms with Gasteiger partial charge in [0.05, 0.1) is 18.8 Å². The number of likely N-dealkylation sites (tertiary alicyclic amines) is 1. The van der Waals surface area contributed by atoms with Crippen molar-refractivity contribution in [3.8, 4) is 0 Å². The second kappa shape index (κ2) is 6.33. The van der Waals surface area contributed by atoms with Gasteiger partial charge in [-0.2, -0.15) is 0 Å². The number of aliphatic carboxylic acids is 1. The lowest BCUT2D eigenvalue weighted by Crippen LogP contribution is -2.64. The number of hydrogen-bond donors (Lipinski definition) is 2. The maximum absolute atomic E-state index is 12.1. The van der Waals surface area contributed by atoms with Crippen molar-refractivity contribution in [2.45, 2.75) is 12.5 Å². The van der Waals surface area contributed by atoms with Crippen LogP contribution >= 0.6 is 31.9 Å². The summed E-state index contributed by atoms with van der Waals surface area (Å²) >= 11 is 6.72. The van der Waals surface area contributed by atoms with Crippen LogP contribution in [0.3, 0.4) is 0 Å². The third-order valence-corrected chi connectivity index (χ3v) is 4.20. The first-order valence-corrected chi connectivity index (χ1v) is 7.74. The van der Waals surface area contributed by atoms with Gasteiger partial charge >= 0.3 is 12.0 Å². The number of carbonyl (C=O) groups is 2. The van der Waals surface area contributed by atoms with Crippen LogP contribution in [-0.2, 0) is 9.53 Å². The minimum atomic E-state index is -1.02. The summed E-state index contributed by atoms with van der Waals surface area (Å²) in [4.78, 5) is 24.1. The summed E-state index contributed by atoms with van der Waals surface area (Å²) in [5, 5.41) is 11.4. The Morgan fingerprint density at radius 1 is 1.43 bits per heavy atom. The van der Waals surface area contributed by atoms with E-state index in [9.17, 15) is 9.59 Å². The molecule has 114 valence electrons. The average molecular weight is 422 g/mol. The number of carboxylic acids is 1. The lowest BCUT2D eigenvalue weighted by molar-refractivity contribution is -0.159. The minimum Gasteiger partial charge on any atom is -0.480 e. The number of hydrogen-bond acceptors (Lipinski definition) is 3. The summed E-state index contributed by atoms with van der Waals surface area (Å²) in [6, 6.07) is 5.21. The molecule has 0 aromatic heterocycles. The van der Waals surface area contributed by atoms with Crippen LogP contribution in [0.2, 0.25) is 0 Å². The molecule has 0 unspecified atom stereocenters. The molecule has 1 saturated heterocycles. The van der Waals surface area contributed by atoms with Crippen LogP contribution in [0.5, 0.6) is 0 Å². The Balaban J connectivity index is 1.87. The zero-order valence-corrected chi connectivity index (χ0v) is 14.4. The molecule has 2 amide bonds. The molecule has 1 aromatic rings. The maximum atomic E-state index is 12.1. The van der Waals surface area contributed by atoms with E-state index < -0.39 is 11.6 Å². The Bertz CT molecular complexity index is 573. The lowest BCUT2D eigenvalue weighted by Gasteiger charge is -2.46. The number of carboxylic acid groups (broad SMARTS) is 1. The van der Waals surface area contributed by atoms with Gasteiger partial charge in [0.2, 0.25) is 0 Å². The molecule has 1 aliphatic rings. The Morgan fingerprint density at radius 3 is 2.67 bits per heavy atom. The van der Waals surface area contributed by atoms with E-state index in [-0.39, 0.29) is 12.6 Å². The van der Waals surface area contributed by atoms with E-state index in [0.717, 1.165) is 8.95 Å². The number of urea groups is 1. The second-order valence-corrected chi connectivity index (χ2v) is 6.81. The lowest BCUT2D eigenvalue weighted by atomic mass is 9.97. The molecule has 0 bridgehead atoms. The van der Waals surface area contributed by atoms with Crippen LogP contribution in [0.15, 0.2) is 27.1 Å². The third-order valence-electron chi connectivity index (χ3n) is 3.05. The number of ether oxygens (including phenoxy) is 1. The Kier molecular flexibility index (Phi) is 4.90. The highest BCUT2D eigenvalue weighted by Gasteiger charge is 2.42. The standard InChI is InChI=1S/C13H14Br2N2O4/c1-13(21-5-11(18)19)6-17(7-13)12(20)16-10-3-2-8(14)4-9(10)15/h2-4H,5-7H2,1H3,(H,16,20)(H,18,19). The van der Waals surface area contributed by atoms with E-state index in [0.29, 0.717) is 18.8 Å². The number of nitrogens with zero attached hydrogens (tertiary/aromatic N) is 1. The number of benzene rings is 1. The fraction of sp³-hybridized carbons (Fsp3) is 0.385. The molecular formula is C13H14Br2N2O4. The summed E-state index contributed by atoms with van der Waals surface area (Å²) in [6.45, 7) is 2.15. The van der Waals surface area contributed by atoms with E-state index in [2.05, 4.69) is 37.2 Å². The molecule has 1 aliphatic heterocycles. The molecule has 1 aromatic carbocycles. The topological polar surface area (TPSA) is 78.9 Å². The summed E-state index contributed by atoms with van der Waals surface area (Å²) < 4.78 is 6.94. The highest BCUT2D eigenvalue weighted by molar-refractivity contribution is 9.11. The molecule has 2 N–H and O–H groups in total. The molecule has 6 nitrogen and oxygen atoms in total. The van der Waals surface area contributed by atoms with Crippen molar-refractivity contribution >= 4 is 49.5 Å². The SMILES string of the molecule is CC1(OCC(=O)O)CN(C(=O)Nc2ccc(Br)cc2Br)C1. The van der Waals surface area contributed by atoms with Crippen molar-refractivity contribution in [1.29, 1.82) is 0 Å². The largest absolute Gasteiger partial charge is 0.480 e. The van der Waals surface area contributed by atoms with Crippen LogP contribution in [0.1, 0.15) is 6.92 Å². The predicted molar refractivity (Wildman–Crippen MR) is 84.4 cm³/mol. The van der Waals surface area contributed by atoms with Gasteiger partial charge in [0.25, 0.3) is 0 Å². The quantitative estimate of drug-likeness (QED) is 0.783. The predicted octanol–water partition coefficient (Wildman–Crippen LogP) is 2.92. The smallest absolute Gasteiger partial charge is 0.329 e. The molecule has 0 saturated carbocycles. The Morgan fingerprint density at radius 2 is 2.10 bits per heavy atom. The number of rotatable bonds is 4. The van der Waals surface area contributed by atoms with Crippen molar-refractivity contribution in [3.05, 3.63) is 27.1 Å². The summed E-state index contributed by atoms with van der Waals surface area (Å²) in [6.07, 6.45) is 0. The van der Waals surface area contributed by atoms with Crippen molar-refractivity contribution in [3.63, 3.8) is 0 Å². The van der Waals surface area contributed by atoms with E-state index in [1.165, 1.54) is 0 Å². The zero-order chi connectivity index (χ0) is 15.6. The highest BCUT2D eigenvalue weighted by Crippen LogP contribution is 2.29. The number of amides is 2. The molecule has 1 heterocycles. The van der Waals surface area contributed by atoms with Gasteiger partial charge in [-0.15, -0.1) is 0 Å². The molecule has 21 heavy (non-hydrogen) atoms. The fourth-order valence-corrected chi connectivity index (χ4v) is 3.16. The van der Waals surface area contributed by atoms with Gasteiger partial charge in [0, 0.05) is 8.95 Å². The van der Waals surface area contributed by atoms with E-state index in [1.54, 1.807) is 17.9 Å². The zero-order valence-electron chi connectivity index (χ0n) is 11.2. The summed E-state index contributed by atoms with van der Waals surface area (Å²) in [5.41, 5.74) is 0.0791. The molecule has 2 rings (SSSR count). The van der Waals surface area contributed by atoms with Crippen LogP contribution in [0.25, 0.3) is 0 Å². The van der Waals surface area contributed by atoms with Gasteiger partial charge in [-0.3, -0.25) is 0 Å². The van der Waals surface area contributed by atoms with Crippen molar-refractivity contribution in [2.75, 3.05) is 25.0 Å². The molecule has 0 aliphatic carbocycles. The average Bonchev–Trinajstić information content (AvgIpc) is 2.36. The molecule has 0 radical (unpaired) electrons. The number of nitrogens with one attached hydrogen (secondary N) is 1. The molecule has 1 fully saturated rings. The molecule has 0 spiro atoms. The van der Waals surface area contributed by atoms with Gasteiger partial charge in [0.15, 0.2) is 0 Å². The van der Waals surface area contributed by atoms with Crippen molar-refractivity contribution < 1.29 is 19.4 Å². The number of halogens is 2. The van der Waals surface area contributed by atoms with Gasteiger partial charge < -0.3 is 20.1 Å². The van der Waals surface area contributed by atoms with Gasteiger partial charge in [-0.1, -0.05) is 15.9 Å². The highest BCUT2D eigenvalue weighted by atomic mass is 79.9. The molecule has 0 atom stereocenters. The fourth-order valence-electron chi connectivity index (χ4n) is 2.02. The maximum Gasteiger partial charge on any atom is 0.329 e. The Labute approximate surface area is 138 Å². The first kappa shape index (κ1) is 16.3. The summed E-state index contributed by atoms with van der Waals surface area (Å²) in [5.74, 6) is -1.02. The van der Waals surface area contributed by atoms with Crippen LogP contribution < -0.4 is 5.32 Å². The molecular weight excluding hydrogens is 408 g/mol. The van der Waals surface area contributed by atoms with Gasteiger partial charge in [0.1, 0.15) is 12.2 Å². The second-order valence-electron chi connectivity index (χ2n) is 5.04. The first-order chi connectivity index (χ1) is 9.79. The Hall–Kier alpha value is -1.12. The van der Waals surface area contributed by atoms with Gasteiger partial charge in [-0.05, 0) is 41.1 Å². The van der Waals surface area contributed by atoms with Crippen molar-refractivity contribution in [1.82, 2.24) is 4.90 Å². The number of carbonyl (C=O) groups excluding carboxylic acids is 1. The van der Waals surface area contributed by atoms with E-state index >= 15 is 0 Å². The van der Waals surface area contributed by atoms with Crippen molar-refractivity contribution in [2.24, 2.45) is 0 Å². The number of anilines is 1. The van der Waals surface area contributed by atoms with E-state index in [4.69, 9.17) is 9.84 Å². The first-order valence-electron chi connectivity index (χ1n) is 6.16. The third kappa shape index (κ3) is 4.18.